The number of amides is 1. The zero-order valence-corrected chi connectivity index (χ0v) is 21.0. The zero-order valence-electron chi connectivity index (χ0n) is 18.6. The molecule has 1 aliphatic carbocycles. The van der Waals surface area contributed by atoms with E-state index in [1.165, 1.54) is 27.6 Å². The number of aryl methyl sites for hydroxylation is 2. The quantitative estimate of drug-likeness (QED) is 0.428. The number of nitrogens with zero attached hydrogens (tertiary/aromatic N) is 2. The molecule has 3 heterocycles. The number of fused-ring (bicyclic) bond motifs is 1. The summed E-state index contributed by atoms with van der Waals surface area (Å²) in [5.74, 6) is -0.576. The topological polar surface area (TPSA) is 73.2 Å². The Morgan fingerprint density at radius 1 is 1.28 bits per heavy atom. The molecule has 0 saturated heterocycles. The molecule has 0 spiro atoms. The van der Waals surface area contributed by atoms with E-state index >= 15 is 0 Å². The highest BCUT2D eigenvalue weighted by Gasteiger charge is 2.28. The molecule has 0 atom stereocenters. The van der Waals surface area contributed by atoms with E-state index in [2.05, 4.69) is 10.4 Å². The highest BCUT2D eigenvalue weighted by atomic mass is 35.5. The second-order valence-electron chi connectivity index (χ2n) is 8.28. The van der Waals surface area contributed by atoms with Crippen LogP contribution in [-0.4, -0.2) is 27.8 Å². The molecular weight excluding hydrogens is 466 g/mol. The maximum atomic E-state index is 13.0. The monoisotopic (exact) mass is 491 g/mol. The van der Waals surface area contributed by atoms with Crippen molar-refractivity contribution in [1.82, 2.24) is 9.78 Å². The van der Waals surface area contributed by atoms with Crippen LogP contribution in [0.1, 0.15) is 74.1 Å². The summed E-state index contributed by atoms with van der Waals surface area (Å²) < 4.78 is 7.32. The van der Waals surface area contributed by atoms with E-state index in [1.807, 2.05) is 43.8 Å². The largest absolute Gasteiger partial charge is 0.459 e. The molecule has 4 rings (SSSR count). The van der Waals surface area contributed by atoms with Gasteiger partial charge in [0.25, 0.3) is 5.91 Å². The van der Waals surface area contributed by atoms with Gasteiger partial charge in [0.1, 0.15) is 5.00 Å². The lowest BCUT2D eigenvalue weighted by Gasteiger charge is -2.14. The number of carbonyl (C=O) groups excluding carboxylic acids is 2. The molecular formula is C23H26ClN3O3S2. The van der Waals surface area contributed by atoms with Gasteiger partial charge in [0.2, 0.25) is 0 Å². The number of hydrogen-bond acceptors (Lipinski definition) is 6. The molecule has 3 aromatic heterocycles. The molecule has 32 heavy (non-hydrogen) atoms. The van der Waals surface area contributed by atoms with E-state index < -0.39 is 0 Å². The van der Waals surface area contributed by atoms with E-state index in [0.717, 1.165) is 48.2 Å². The van der Waals surface area contributed by atoms with Gasteiger partial charge in [0.05, 0.1) is 39.5 Å². The fourth-order valence-corrected chi connectivity index (χ4v) is 6.09. The highest BCUT2D eigenvalue weighted by Crippen LogP contribution is 2.39. The first-order valence-corrected chi connectivity index (χ1v) is 12.8. The van der Waals surface area contributed by atoms with Crippen molar-refractivity contribution in [3.8, 4) is 0 Å². The van der Waals surface area contributed by atoms with Crippen LogP contribution in [0.3, 0.4) is 0 Å². The van der Waals surface area contributed by atoms with Crippen molar-refractivity contribution in [2.45, 2.75) is 66.0 Å². The van der Waals surface area contributed by atoms with Crippen LogP contribution >= 0.6 is 34.3 Å². The number of hydrogen-bond donors (Lipinski definition) is 1. The first-order chi connectivity index (χ1) is 15.2. The van der Waals surface area contributed by atoms with Gasteiger partial charge in [-0.1, -0.05) is 11.6 Å². The second kappa shape index (κ2) is 9.37. The fraction of sp³-hybridized carbons (Fsp3) is 0.435. The molecule has 170 valence electrons. The van der Waals surface area contributed by atoms with Crippen LogP contribution in [0.4, 0.5) is 5.00 Å². The van der Waals surface area contributed by atoms with Crippen molar-refractivity contribution in [1.29, 1.82) is 0 Å². The van der Waals surface area contributed by atoms with E-state index in [-0.39, 0.29) is 18.0 Å². The van der Waals surface area contributed by atoms with Crippen molar-refractivity contribution in [2.24, 2.45) is 0 Å². The van der Waals surface area contributed by atoms with Crippen LogP contribution in [0.15, 0.2) is 11.4 Å². The average Bonchev–Trinajstić information content (AvgIpc) is 3.41. The van der Waals surface area contributed by atoms with Crippen molar-refractivity contribution >= 4 is 51.2 Å². The molecule has 0 bridgehead atoms. The number of nitrogens with one attached hydrogen (secondary N) is 1. The SMILES string of the molecule is Cc1nn(Cc2csc(C(=O)Nc3sc4c(c3C(=O)OC(C)C)CCCC4)c2)c(C)c1Cl. The Hall–Kier alpha value is -2.16. The first kappa shape index (κ1) is 23.0. The molecule has 9 heteroatoms. The number of esters is 1. The summed E-state index contributed by atoms with van der Waals surface area (Å²) in [5, 5.41) is 10.7. The average molecular weight is 492 g/mol. The molecule has 0 aromatic carbocycles. The Balaban J connectivity index is 1.55. The molecule has 6 nitrogen and oxygen atoms in total. The lowest BCUT2D eigenvalue weighted by atomic mass is 9.95. The fourth-order valence-electron chi connectivity index (χ4n) is 3.89. The van der Waals surface area contributed by atoms with E-state index in [9.17, 15) is 9.59 Å². The van der Waals surface area contributed by atoms with E-state index in [1.54, 1.807) is 0 Å². The van der Waals surface area contributed by atoms with Gasteiger partial charge in [-0.2, -0.15) is 5.10 Å². The highest BCUT2D eigenvalue weighted by molar-refractivity contribution is 7.17. The molecule has 3 aromatic rings. The number of thiophene rings is 2. The lowest BCUT2D eigenvalue weighted by molar-refractivity contribution is 0.0378. The first-order valence-electron chi connectivity index (χ1n) is 10.7. The Morgan fingerprint density at radius 3 is 2.72 bits per heavy atom. The van der Waals surface area contributed by atoms with Crippen LogP contribution in [0, 0.1) is 13.8 Å². The molecule has 0 aliphatic heterocycles. The van der Waals surface area contributed by atoms with Crippen molar-refractivity contribution in [3.05, 3.63) is 54.3 Å². The van der Waals surface area contributed by atoms with Crippen molar-refractivity contribution in [3.63, 3.8) is 0 Å². The molecule has 1 N–H and O–H groups in total. The maximum Gasteiger partial charge on any atom is 0.341 e. The Kier molecular flexibility index (Phi) is 6.74. The van der Waals surface area contributed by atoms with Gasteiger partial charge < -0.3 is 10.1 Å². The summed E-state index contributed by atoms with van der Waals surface area (Å²) in [7, 11) is 0. The number of anilines is 1. The molecule has 0 unspecified atom stereocenters. The summed E-state index contributed by atoms with van der Waals surface area (Å²) in [4.78, 5) is 27.6. The standard InChI is InChI=1S/C23H26ClN3O3S2/c1-12(2)30-23(29)19-16-7-5-6-8-17(16)32-22(19)25-21(28)18-9-15(11-31-18)10-27-14(4)20(24)13(3)26-27/h9,11-12H,5-8,10H2,1-4H3,(H,25,28). The van der Waals surface area contributed by atoms with Gasteiger partial charge >= 0.3 is 5.97 Å². The van der Waals surface area contributed by atoms with Crippen LogP contribution < -0.4 is 5.32 Å². The zero-order chi connectivity index (χ0) is 23.0. The van der Waals surface area contributed by atoms with Crippen LogP contribution in [0.25, 0.3) is 0 Å². The van der Waals surface area contributed by atoms with Crippen LogP contribution in [0.2, 0.25) is 5.02 Å². The molecule has 0 fully saturated rings. The minimum atomic E-state index is -0.358. The van der Waals surface area contributed by atoms with E-state index in [4.69, 9.17) is 16.3 Å². The van der Waals surface area contributed by atoms with Crippen molar-refractivity contribution < 1.29 is 14.3 Å². The van der Waals surface area contributed by atoms with Gasteiger partial charge in [0.15, 0.2) is 0 Å². The minimum absolute atomic E-state index is 0.215. The van der Waals surface area contributed by atoms with E-state index in [0.29, 0.717) is 27.0 Å². The van der Waals surface area contributed by atoms with Gasteiger partial charge in [-0.3, -0.25) is 9.48 Å². The minimum Gasteiger partial charge on any atom is -0.459 e. The third-order valence-corrected chi connectivity index (χ3v) is 8.18. The van der Waals surface area contributed by atoms with Crippen molar-refractivity contribution in [2.75, 3.05) is 5.32 Å². The number of halogens is 1. The molecule has 0 saturated carbocycles. The normalized spacial score (nSPS) is 13.3. The number of aromatic nitrogens is 2. The predicted molar refractivity (Wildman–Crippen MR) is 130 cm³/mol. The summed E-state index contributed by atoms with van der Waals surface area (Å²) in [5.41, 5.74) is 4.24. The third-order valence-electron chi connectivity index (χ3n) is 5.45. The Labute approximate surface area is 200 Å². The van der Waals surface area contributed by atoms with Gasteiger partial charge in [0, 0.05) is 4.88 Å². The van der Waals surface area contributed by atoms with Gasteiger partial charge in [-0.15, -0.1) is 22.7 Å². The lowest BCUT2D eigenvalue weighted by Crippen LogP contribution is -2.17. The predicted octanol–water partition coefficient (Wildman–Crippen LogP) is 6.02. The maximum absolute atomic E-state index is 13.0. The molecule has 0 radical (unpaired) electrons. The number of rotatable bonds is 6. The Morgan fingerprint density at radius 2 is 2.03 bits per heavy atom. The molecule has 1 aliphatic rings. The second-order valence-corrected chi connectivity index (χ2v) is 10.7. The number of ether oxygens (including phenoxy) is 1. The summed E-state index contributed by atoms with van der Waals surface area (Å²) >= 11 is 9.12. The molecule has 1 amide bonds. The smallest absolute Gasteiger partial charge is 0.341 e. The summed E-state index contributed by atoms with van der Waals surface area (Å²) in [6.07, 6.45) is 3.71. The van der Waals surface area contributed by atoms with Crippen LogP contribution in [0.5, 0.6) is 0 Å². The number of carbonyl (C=O) groups is 2. The Bertz CT molecular complexity index is 1180. The summed E-state index contributed by atoms with van der Waals surface area (Å²) in [6.45, 7) is 8.01. The van der Waals surface area contributed by atoms with Crippen LogP contribution in [-0.2, 0) is 24.1 Å². The van der Waals surface area contributed by atoms with Gasteiger partial charge in [-0.25, -0.2) is 4.79 Å². The summed E-state index contributed by atoms with van der Waals surface area (Å²) in [6, 6.07) is 1.87. The third kappa shape index (κ3) is 4.63. The van der Waals surface area contributed by atoms with Gasteiger partial charge in [-0.05, 0) is 76.0 Å².